The lowest BCUT2D eigenvalue weighted by Crippen LogP contribution is -2.05. The summed E-state index contributed by atoms with van der Waals surface area (Å²) in [7, 11) is 1.37. The number of esters is 1. The number of rotatable bonds is 3. The number of aryl methyl sites for hydroxylation is 1. The molecular weight excluding hydrogens is 200 g/mol. The summed E-state index contributed by atoms with van der Waals surface area (Å²) in [6.45, 7) is 2.03. The molecule has 0 radical (unpaired) electrons. The molecule has 0 atom stereocenters. The van der Waals surface area contributed by atoms with Crippen molar-refractivity contribution in [2.75, 3.05) is 7.11 Å². The molecule has 76 valence electrons. The van der Waals surface area contributed by atoms with E-state index in [1.54, 1.807) is 0 Å². The lowest BCUT2D eigenvalue weighted by atomic mass is 10.1. The third kappa shape index (κ3) is 2.48. The van der Waals surface area contributed by atoms with Crippen molar-refractivity contribution in [3.63, 3.8) is 0 Å². The number of carbonyl (C=O) groups is 1. The van der Waals surface area contributed by atoms with E-state index in [-0.39, 0.29) is 12.4 Å². The molecular formula is C11H13ClO2. The van der Waals surface area contributed by atoms with Gasteiger partial charge in [-0.25, -0.2) is 0 Å². The van der Waals surface area contributed by atoms with E-state index in [0.29, 0.717) is 5.02 Å². The summed E-state index contributed by atoms with van der Waals surface area (Å²) in [5.74, 6) is -0.264. The second-order valence-corrected chi connectivity index (χ2v) is 3.37. The standard InChI is InChI=1S/C11H13ClO2/c1-3-8-5-4-6-9(11(8)12)7-10(13)14-2/h4-6H,3,7H2,1-2H3. The van der Waals surface area contributed by atoms with Crippen LogP contribution in [0.3, 0.4) is 0 Å². The zero-order valence-electron chi connectivity index (χ0n) is 8.34. The van der Waals surface area contributed by atoms with Gasteiger partial charge in [-0.1, -0.05) is 36.7 Å². The first-order valence-corrected chi connectivity index (χ1v) is 4.90. The Morgan fingerprint density at radius 3 is 2.64 bits per heavy atom. The number of hydrogen-bond acceptors (Lipinski definition) is 2. The van der Waals surface area contributed by atoms with Gasteiger partial charge in [0.15, 0.2) is 0 Å². The van der Waals surface area contributed by atoms with Crippen molar-refractivity contribution in [2.45, 2.75) is 19.8 Å². The summed E-state index contributed by atoms with van der Waals surface area (Å²) in [4.78, 5) is 11.1. The average molecular weight is 213 g/mol. The second-order valence-electron chi connectivity index (χ2n) is 3.00. The second kappa shape index (κ2) is 5.01. The zero-order valence-corrected chi connectivity index (χ0v) is 9.10. The van der Waals surface area contributed by atoms with Gasteiger partial charge in [-0.05, 0) is 17.5 Å². The molecule has 0 saturated heterocycles. The van der Waals surface area contributed by atoms with Crippen molar-refractivity contribution < 1.29 is 9.53 Å². The number of methoxy groups -OCH3 is 1. The smallest absolute Gasteiger partial charge is 0.310 e. The third-order valence-electron chi connectivity index (χ3n) is 2.10. The van der Waals surface area contributed by atoms with Crippen molar-refractivity contribution >= 4 is 17.6 Å². The van der Waals surface area contributed by atoms with Gasteiger partial charge in [-0.15, -0.1) is 0 Å². The van der Waals surface area contributed by atoms with Gasteiger partial charge >= 0.3 is 5.97 Å². The maximum Gasteiger partial charge on any atom is 0.310 e. The van der Waals surface area contributed by atoms with Gasteiger partial charge in [0.1, 0.15) is 0 Å². The van der Waals surface area contributed by atoms with E-state index in [1.807, 2.05) is 25.1 Å². The number of carbonyl (C=O) groups excluding carboxylic acids is 1. The molecule has 3 heteroatoms. The van der Waals surface area contributed by atoms with Gasteiger partial charge < -0.3 is 4.74 Å². The Bertz CT molecular complexity index is 334. The molecule has 0 aliphatic heterocycles. The summed E-state index contributed by atoms with van der Waals surface area (Å²) >= 11 is 6.10. The Kier molecular flexibility index (Phi) is 3.96. The molecule has 0 N–H and O–H groups in total. The fourth-order valence-electron chi connectivity index (χ4n) is 1.27. The van der Waals surface area contributed by atoms with Gasteiger partial charge in [-0.2, -0.15) is 0 Å². The number of benzene rings is 1. The van der Waals surface area contributed by atoms with Crippen LogP contribution in [0.15, 0.2) is 18.2 Å². The van der Waals surface area contributed by atoms with Crippen molar-refractivity contribution in [2.24, 2.45) is 0 Å². The van der Waals surface area contributed by atoms with Crippen LogP contribution in [0.1, 0.15) is 18.1 Å². The van der Waals surface area contributed by atoms with Crippen molar-refractivity contribution in [3.8, 4) is 0 Å². The van der Waals surface area contributed by atoms with E-state index in [1.165, 1.54) is 7.11 Å². The Morgan fingerprint density at radius 2 is 2.07 bits per heavy atom. The van der Waals surface area contributed by atoms with E-state index in [9.17, 15) is 4.79 Å². The Hall–Kier alpha value is -1.02. The van der Waals surface area contributed by atoms with Crippen LogP contribution in [-0.4, -0.2) is 13.1 Å². The Morgan fingerprint density at radius 1 is 1.43 bits per heavy atom. The minimum Gasteiger partial charge on any atom is -0.469 e. The first-order chi connectivity index (χ1) is 6.69. The van der Waals surface area contributed by atoms with E-state index >= 15 is 0 Å². The molecule has 0 aliphatic rings. The molecule has 14 heavy (non-hydrogen) atoms. The quantitative estimate of drug-likeness (QED) is 0.720. The van der Waals surface area contributed by atoms with Crippen LogP contribution in [0.25, 0.3) is 0 Å². The van der Waals surface area contributed by atoms with Crippen LogP contribution in [0.4, 0.5) is 0 Å². The van der Waals surface area contributed by atoms with E-state index < -0.39 is 0 Å². The van der Waals surface area contributed by atoms with Crippen molar-refractivity contribution in [1.29, 1.82) is 0 Å². The SMILES string of the molecule is CCc1cccc(CC(=O)OC)c1Cl. The van der Waals surface area contributed by atoms with E-state index in [0.717, 1.165) is 17.5 Å². The molecule has 0 aliphatic carbocycles. The van der Waals surface area contributed by atoms with Crippen LogP contribution in [0.2, 0.25) is 5.02 Å². The summed E-state index contributed by atoms with van der Waals surface area (Å²) in [5.41, 5.74) is 1.89. The lowest BCUT2D eigenvalue weighted by Gasteiger charge is -2.06. The number of halogens is 1. The van der Waals surface area contributed by atoms with Crippen LogP contribution in [-0.2, 0) is 22.4 Å². The molecule has 1 aromatic rings. The third-order valence-corrected chi connectivity index (χ3v) is 2.59. The first-order valence-electron chi connectivity index (χ1n) is 4.52. The highest BCUT2D eigenvalue weighted by molar-refractivity contribution is 6.32. The minimum absolute atomic E-state index is 0.239. The highest BCUT2D eigenvalue weighted by Crippen LogP contribution is 2.22. The normalized spacial score (nSPS) is 9.93. The summed E-state index contributed by atoms with van der Waals surface area (Å²) in [5, 5.41) is 0.681. The van der Waals surface area contributed by atoms with Crippen molar-refractivity contribution in [3.05, 3.63) is 34.3 Å². The highest BCUT2D eigenvalue weighted by atomic mass is 35.5. The fourth-order valence-corrected chi connectivity index (χ4v) is 1.60. The van der Waals surface area contributed by atoms with Gasteiger partial charge in [0.2, 0.25) is 0 Å². The molecule has 0 fully saturated rings. The molecule has 0 amide bonds. The van der Waals surface area contributed by atoms with E-state index in [4.69, 9.17) is 11.6 Å². The topological polar surface area (TPSA) is 26.3 Å². The predicted octanol–water partition coefficient (Wildman–Crippen LogP) is 2.62. The molecule has 0 bridgehead atoms. The predicted molar refractivity (Wildman–Crippen MR) is 56.6 cm³/mol. The Labute approximate surface area is 88.8 Å². The van der Waals surface area contributed by atoms with Crippen LogP contribution < -0.4 is 0 Å². The maximum absolute atomic E-state index is 11.1. The molecule has 1 rings (SSSR count). The van der Waals surface area contributed by atoms with Gasteiger partial charge in [0, 0.05) is 5.02 Å². The number of hydrogen-bond donors (Lipinski definition) is 0. The molecule has 2 nitrogen and oxygen atoms in total. The number of ether oxygens (including phenoxy) is 1. The monoisotopic (exact) mass is 212 g/mol. The maximum atomic E-state index is 11.1. The van der Waals surface area contributed by atoms with Gasteiger partial charge in [0.25, 0.3) is 0 Å². The van der Waals surface area contributed by atoms with Gasteiger partial charge in [0.05, 0.1) is 13.5 Å². The van der Waals surface area contributed by atoms with Gasteiger partial charge in [-0.3, -0.25) is 4.79 Å². The molecule has 0 spiro atoms. The zero-order chi connectivity index (χ0) is 10.6. The molecule has 0 saturated carbocycles. The molecule has 0 aromatic heterocycles. The summed E-state index contributed by atoms with van der Waals surface area (Å²) in [6, 6.07) is 5.71. The fraction of sp³-hybridized carbons (Fsp3) is 0.364. The minimum atomic E-state index is -0.264. The average Bonchev–Trinajstić information content (AvgIpc) is 2.21. The van der Waals surface area contributed by atoms with Crippen LogP contribution in [0, 0.1) is 0 Å². The summed E-state index contributed by atoms with van der Waals surface area (Å²) in [6.07, 6.45) is 1.11. The first kappa shape index (κ1) is 11.1. The lowest BCUT2D eigenvalue weighted by molar-refractivity contribution is -0.139. The van der Waals surface area contributed by atoms with E-state index in [2.05, 4.69) is 4.74 Å². The Balaban J connectivity index is 2.92. The van der Waals surface area contributed by atoms with Crippen LogP contribution in [0.5, 0.6) is 0 Å². The van der Waals surface area contributed by atoms with Crippen LogP contribution >= 0.6 is 11.6 Å². The molecule has 1 aromatic carbocycles. The van der Waals surface area contributed by atoms with Crippen molar-refractivity contribution in [1.82, 2.24) is 0 Å². The largest absolute Gasteiger partial charge is 0.469 e. The molecule has 0 heterocycles. The molecule has 0 unspecified atom stereocenters. The highest BCUT2D eigenvalue weighted by Gasteiger charge is 2.08. The summed E-state index contributed by atoms with van der Waals surface area (Å²) < 4.78 is 4.59.